The van der Waals surface area contributed by atoms with Crippen LogP contribution in [-0.2, 0) is 4.79 Å². The monoisotopic (exact) mass is 202 g/mol. The maximum atomic E-state index is 11.4. The zero-order chi connectivity index (χ0) is 11.0. The number of hydrogen-bond acceptors (Lipinski definition) is 2. The van der Waals surface area contributed by atoms with Crippen molar-refractivity contribution >= 4 is 11.6 Å². The third kappa shape index (κ3) is 1.77. The number of carbonyl (C=O) groups excluding carboxylic acids is 1. The van der Waals surface area contributed by atoms with Gasteiger partial charge < -0.3 is 0 Å². The molecule has 78 valence electrons. The largest absolute Gasteiger partial charge is 0.273 e. The second kappa shape index (κ2) is 3.50. The van der Waals surface area contributed by atoms with Crippen molar-refractivity contribution in [1.29, 1.82) is 0 Å². The highest BCUT2D eigenvalue weighted by atomic mass is 16.2. The Hall–Kier alpha value is -1.64. The average Bonchev–Trinajstić information content (AvgIpc) is 2.51. The number of nitrogens with zero attached hydrogens (tertiary/aromatic N) is 2. The minimum absolute atomic E-state index is 0.0610. The van der Waals surface area contributed by atoms with Gasteiger partial charge in [0, 0.05) is 12.6 Å². The van der Waals surface area contributed by atoms with Crippen molar-refractivity contribution in [2.24, 2.45) is 5.10 Å². The van der Waals surface area contributed by atoms with Crippen molar-refractivity contribution in [3.63, 3.8) is 0 Å². The van der Waals surface area contributed by atoms with Crippen LogP contribution in [0.25, 0.3) is 0 Å². The molecule has 0 aliphatic carbocycles. The summed E-state index contributed by atoms with van der Waals surface area (Å²) in [5, 5.41) is 5.66. The van der Waals surface area contributed by atoms with Crippen LogP contribution in [0.5, 0.6) is 0 Å². The van der Waals surface area contributed by atoms with E-state index in [1.807, 2.05) is 13.8 Å². The molecular weight excluding hydrogens is 188 g/mol. The van der Waals surface area contributed by atoms with E-state index in [9.17, 15) is 4.79 Å². The lowest BCUT2D eigenvalue weighted by Crippen LogP contribution is -2.14. The summed E-state index contributed by atoms with van der Waals surface area (Å²) in [6, 6.07) is 6.22. The van der Waals surface area contributed by atoms with Crippen LogP contribution in [0.3, 0.4) is 0 Å². The molecule has 1 aliphatic rings. The number of hydrogen-bond donors (Lipinski definition) is 0. The first-order valence-electron chi connectivity index (χ1n) is 4.99. The van der Waals surface area contributed by atoms with Gasteiger partial charge in [-0.2, -0.15) is 5.10 Å². The summed E-state index contributed by atoms with van der Waals surface area (Å²) in [4.78, 5) is 11.4. The standard InChI is InChI=1S/C12H14N2O/c1-8-4-5-9(2)10(6-8)11-7-12(15)14(3)13-11/h4-6H,7H2,1-3H3. The summed E-state index contributed by atoms with van der Waals surface area (Å²) >= 11 is 0. The maximum Gasteiger partial charge on any atom is 0.248 e. The molecule has 1 aromatic rings. The molecule has 0 bridgehead atoms. The summed E-state index contributed by atoms with van der Waals surface area (Å²) in [6.45, 7) is 4.09. The summed E-state index contributed by atoms with van der Waals surface area (Å²) in [6.07, 6.45) is 0.417. The Morgan fingerprint density at radius 2 is 2.07 bits per heavy atom. The molecule has 3 heteroatoms. The van der Waals surface area contributed by atoms with E-state index >= 15 is 0 Å². The van der Waals surface area contributed by atoms with Gasteiger partial charge in [-0.25, -0.2) is 5.01 Å². The molecule has 0 aromatic heterocycles. The SMILES string of the molecule is Cc1ccc(C)c(C2=NN(C)C(=O)C2)c1. The predicted molar refractivity (Wildman–Crippen MR) is 59.8 cm³/mol. The predicted octanol–water partition coefficient (Wildman–Crippen LogP) is 1.87. The van der Waals surface area contributed by atoms with Crippen LogP contribution in [0.4, 0.5) is 0 Å². The van der Waals surface area contributed by atoms with Crippen LogP contribution in [-0.4, -0.2) is 23.7 Å². The highest BCUT2D eigenvalue weighted by Crippen LogP contribution is 2.18. The molecule has 2 rings (SSSR count). The molecule has 15 heavy (non-hydrogen) atoms. The van der Waals surface area contributed by atoms with Crippen LogP contribution >= 0.6 is 0 Å². The van der Waals surface area contributed by atoms with E-state index in [-0.39, 0.29) is 5.91 Å². The number of benzene rings is 1. The van der Waals surface area contributed by atoms with E-state index in [1.54, 1.807) is 7.05 Å². The fraction of sp³-hybridized carbons (Fsp3) is 0.333. The topological polar surface area (TPSA) is 32.7 Å². The molecule has 0 radical (unpaired) electrons. The first kappa shape index (κ1) is 9.90. The van der Waals surface area contributed by atoms with E-state index < -0.39 is 0 Å². The van der Waals surface area contributed by atoms with Gasteiger partial charge in [0.25, 0.3) is 0 Å². The van der Waals surface area contributed by atoms with Gasteiger partial charge in [0.1, 0.15) is 0 Å². The lowest BCUT2D eigenvalue weighted by molar-refractivity contribution is -0.127. The summed E-state index contributed by atoms with van der Waals surface area (Å²) < 4.78 is 0. The zero-order valence-electron chi connectivity index (χ0n) is 9.24. The molecule has 1 aromatic carbocycles. The Bertz CT molecular complexity index is 449. The molecule has 0 atom stereocenters. The van der Waals surface area contributed by atoms with Gasteiger partial charge in [-0.3, -0.25) is 4.79 Å². The van der Waals surface area contributed by atoms with Crippen molar-refractivity contribution in [3.05, 3.63) is 34.9 Å². The second-order valence-corrected chi connectivity index (χ2v) is 3.96. The van der Waals surface area contributed by atoms with Crippen LogP contribution in [0.15, 0.2) is 23.3 Å². The number of hydrazone groups is 1. The molecule has 0 spiro atoms. The van der Waals surface area contributed by atoms with Crippen LogP contribution in [0.2, 0.25) is 0 Å². The van der Waals surface area contributed by atoms with Gasteiger partial charge in [-0.1, -0.05) is 17.7 Å². The molecule has 1 aliphatic heterocycles. The normalized spacial score (nSPS) is 15.8. The van der Waals surface area contributed by atoms with E-state index in [2.05, 4.69) is 23.3 Å². The zero-order valence-corrected chi connectivity index (χ0v) is 9.24. The van der Waals surface area contributed by atoms with Crippen LogP contribution < -0.4 is 0 Å². The Labute approximate surface area is 89.4 Å². The van der Waals surface area contributed by atoms with Crippen molar-refractivity contribution in [2.45, 2.75) is 20.3 Å². The van der Waals surface area contributed by atoms with E-state index in [4.69, 9.17) is 0 Å². The minimum atomic E-state index is 0.0610. The quantitative estimate of drug-likeness (QED) is 0.684. The average molecular weight is 202 g/mol. The summed E-state index contributed by atoms with van der Waals surface area (Å²) in [5.74, 6) is 0.0610. The molecule has 1 heterocycles. The molecule has 0 saturated heterocycles. The lowest BCUT2D eigenvalue weighted by atomic mass is 10.00. The first-order chi connectivity index (χ1) is 7.08. The van der Waals surface area contributed by atoms with Crippen molar-refractivity contribution in [3.8, 4) is 0 Å². The Morgan fingerprint density at radius 3 is 2.67 bits per heavy atom. The van der Waals surface area contributed by atoms with E-state index in [0.29, 0.717) is 6.42 Å². The molecule has 0 fully saturated rings. The Balaban J connectivity index is 2.43. The third-order valence-electron chi connectivity index (χ3n) is 2.65. The van der Waals surface area contributed by atoms with Gasteiger partial charge in [-0.05, 0) is 25.5 Å². The van der Waals surface area contributed by atoms with Gasteiger partial charge in [0.15, 0.2) is 0 Å². The van der Waals surface area contributed by atoms with Gasteiger partial charge in [0.2, 0.25) is 5.91 Å². The molecule has 3 nitrogen and oxygen atoms in total. The first-order valence-corrected chi connectivity index (χ1v) is 4.99. The van der Waals surface area contributed by atoms with Crippen LogP contribution in [0, 0.1) is 13.8 Å². The van der Waals surface area contributed by atoms with Crippen molar-refractivity contribution in [2.75, 3.05) is 7.05 Å². The highest BCUT2D eigenvalue weighted by molar-refractivity contribution is 6.14. The molecular formula is C12H14N2O. The number of amides is 1. The molecule has 0 unspecified atom stereocenters. The van der Waals surface area contributed by atoms with E-state index in [0.717, 1.165) is 11.3 Å². The number of carbonyl (C=O) groups is 1. The lowest BCUT2D eigenvalue weighted by Gasteiger charge is -2.05. The fourth-order valence-electron chi connectivity index (χ4n) is 1.73. The third-order valence-corrected chi connectivity index (χ3v) is 2.65. The van der Waals surface area contributed by atoms with E-state index in [1.165, 1.54) is 16.1 Å². The molecule has 1 amide bonds. The van der Waals surface area contributed by atoms with Crippen molar-refractivity contribution < 1.29 is 4.79 Å². The second-order valence-electron chi connectivity index (χ2n) is 3.96. The Morgan fingerprint density at radius 1 is 1.33 bits per heavy atom. The number of aryl methyl sites for hydroxylation is 2. The minimum Gasteiger partial charge on any atom is -0.273 e. The van der Waals surface area contributed by atoms with Gasteiger partial charge >= 0.3 is 0 Å². The van der Waals surface area contributed by atoms with Gasteiger partial charge in [0.05, 0.1) is 12.1 Å². The molecule has 0 N–H and O–H groups in total. The Kier molecular flexibility index (Phi) is 2.31. The number of rotatable bonds is 1. The fourth-order valence-corrected chi connectivity index (χ4v) is 1.73. The summed E-state index contributed by atoms with van der Waals surface area (Å²) in [7, 11) is 1.69. The van der Waals surface area contributed by atoms with Crippen LogP contribution in [0.1, 0.15) is 23.1 Å². The van der Waals surface area contributed by atoms with Gasteiger partial charge in [-0.15, -0.1) is 0 Å². The van der Waals surface area contributed by atoms with Crippen molar-refractivity contribution in [1.82, 2.24) is 5.01 Å². The molecule has 0 saturated carbocycles. The smallest absolute Gasteiger partial charge is 0.248 e. The highest BCUT2D eigenvalue weighted by Gasteiger charge is 2.22. The summed E-state index contributed by atoms with van der Waals surface area (Å²) in [5.41, 5.74) is 4.33. The maximum absolute atomic E-state index is 11.4.